The van der Waals surface area contributed by atoms with E-state index < -0.39 is 17.3 Å². The van der Waals surface area contributed by atoms with Crippen LogP contribution >= 0.6 is 0 Å². The first-order valence-corrected chi connectivity index (χ1v) is 11.4. The second kappa shape index (κ2) is 7.22. The Kier molecular flexibility index (Phi) is 4.39. The number of nitrogens with one attached hydrogen (secondary N) is 1. The number of aliphatic hydroxyl groups is 1. The molecule has 33 heavy (non-hydrogen) atoms. The summed E-state index contributed by atoms with van der Waals surface area (Å²) < 4.78 is 0. The molecule has 3 aliphatic carbocycles. The number of benzene rings is 3. The van der Waals surface area contributed by atoms with Crippen LogP contribution in [0.1, 0.15) is 33.7 Å². The van der Waals surface area contributed by atoms with Crippen LogP contribution in [0.4, 0.5) is 5.69 Å². The smallest absolute Gasteiger partial charge is 0.239 e. The summed E-state index contributed by atoms with van der Waals surface area (Å²) in [6, 6.07) is 23.9. The molecule has 0 spiro atoms. The Bertz CT molecular complexity index is 1260. The number of hydrogen-bond acceptors (Lipinski definition) is 3. The molecule has 1 aliphatic heterocycles. The van der Waals surface area contributed by atoms with Crippen LogP contribution in [0, 0.1) is 18.8 Å². The molecule has 164 valence electrons. The van der Waals surface area contributed by atoms with E-state index in [-0.39, 0.29) is 24.3 Å². The maximum atomic E-state index is 14.1. The van der Waals surface area contributed by atoms with Crippen LogP contribution in [0.15, 0.2) is 72.8 Å². The molecule has 1 heterocycles. The van der Waals surface area contributed by atoms with Gasteiger partial charge >= 0.3 is 0 Å². The number of nitrogens with zero attached hydrogens (tertiary/aromatic N) is 1. The number of aliphatic hydroxyl groups excluding tert-OH is 1. The Labute approximate surface area is 192 Å². The summed E-state index contributed by atoms with van der Waals surface area (Å²) in [6.45, 7) is 2.34. The topological polar surface area (TPSA) is 71.6 Å². The normalized spacial score (nSPS) is 27.1. The Balaban J connectivity index is 1.63. The average Bonchev–Trinajstić information content (AvgIpc) is 3.11. The van der Waals surface area contributed by atoms with Crippen LogP contribution in [0.3, 0.4) is 0 Å². The molecule has 0 aromatic heterocycles. The highest BCUT2D eigenvalue weighted by molar-refractivity contribution is 6.24. The van der Waals surface area contributed by atoms with Crippen molar-refractivity contribution in [1.82, 2.24) is 0 Å². The van der Waals surface area contributed by atoms with Gasteiger partial charge in [0.15, 0.2) is 12.8 Å². The van der Waals surface area contributed by atoms with Gasteiger partial charge < -0.3 is 5.11 Å². The van der Waals surface area contributed by atoms with Gasteiger partial charge in [-0.05, 0) is 41.3 Å². The van der Waals surface area contributed by atoms with Crippen molar-refractivity contribution in [3.05, 3.63) is 101 Å². The van der Waals surface area contributed by atoms with E-state index in [0.717, 1.165) is 27.8 Å². The monoisotopic (exact) mass is 437 g/mol. The highest BCUT2D eigenvalue weighted by atomic mass is 16.3. The van der Waals surface area contributed by atoms with Crippen LogP contribution in [-0.4, -0.2) is 36.3 Å². The van der Waals surface area contributed by atoms with E-state index in [1.54, 1.807) is 0 Å². The van der Waals surface area contributed by atoms with Gasteiger partial charge in [-0.2, -0.15) is 0 Å². The summed E-state index contributed by atoms with van der Waals surface area (Å²) >= 11 is 0. The number of carbonyl (C=O) groups is 2. The lowest BCUT2D eigenvalue weighted by atomic mass is 9.47. The van der Waals surface area contributed by atoms with E-state index in [4.69, 9.17) is 0 Å². The molecule has 7 rings (SSSR count). The van der Waals surface area contributed by atoms with E-state index >= 15 is 0 Å². The molecule has 2 atom stereocenters. The van der Waals surface area contributed by atoms with Crippen molar-refractivity contribution in [1.29, 1.82) is 0 Å². The fourth-order valence-corrected chi connectivity index (χ4v) is 6.32. The maximum Gasteiger partial charge on any atom is 0.239 e. The van der Waals surface area contributed by atoms with E-state index in [9.17, 15) is 14.7 Å². The zero-order valence-corrected chi connectivity index (χ0v) is 18.4. The molecule has 1 saturated heterocycles. The fourth-order valence-electron chi connectivity index (χ4n) is 6.32. The first-order chi connectivity index (χ1) is 16.1. The molecule has 5 heteroatoms. The molecule has 0 saturated carbocycles. The van der Waals surface area contributed by atoms with Crippen molar-refractivity contribution < 1.29 is 19.7 Å². The van der Waals surface area contributed by atoms with E-state index in [1.807, 2.05) is 61.7 Å². The van der Waals surface area contributed by atoms with Gasteiger partial charge in [0.2, 0.25) is 11.8 Å². The van der Waals surface area contributed by atoms with Gasteiger partial charge in [-0.3, -0.25) is 9.59 Å². The molecule has 3 aromatic rings. The zero-order valence-electron chi connectivity index (χ0n) is 18.4. The summed E-state index contributed by atoms with van der Waals surface area (Å²) in [5, 5.41) is 9.44. The predicted molar refractivity (Wildman–Crippen MR) is 125 cm³/mol. The largest absolute Gasteiger partial charge is 0.390 e. The van der Waals surface area contributed by atoms with Gasteiger partial charge in [-0.1, -0.05) is 66.2 Å². The molecule has 2 bridgehead atoms. The lowest BCUT2D eigenvalue weighted by Gasteiger charge is -2.51. The molecule has 4 aliphatic rings. The minimum Gasteiger partial charge on any atom is -0.390 e. The maximum absolute atomic E-state index is 14.1. The molecule has 3 aromatic carbocycles. The van der Waals surface area contributed by atoms with Gasteiger partial charge in [0.1, 0.15) is 12.0 Å². The minimum absolute atomic E-state index is 0.0189. The summed E-state index contributed by atoms with van der Waals surface area (Å²) in [7, 11) is 0. The summed E-state index contributed by atoms with van der Waals surface area (Å²) in [5.74, 6) is -1.49. The summed E-state index contributed by atoms with van der Waals surface area (Å²) in [5.41, 5.74) is 5.23. The zero-order chi connectivity index (χ0) is 22.7. The van der Waals surface area contributed by atoms with Crippen LogP contribution in [-0.2, 0) is 15.0 Å². The number of anilines is 1. The SMILES string of the molecule is Cc1ccc(N2C(=O)[C@@H]3C4c5ccccc5C(C=[NH+]CCO)(c5ccccc54)[C@@H]3C2=O)cc1. The van der Waals surface area contributed by atoms with Gasteiger partial charge in [-0.25, -0.2) is 9.89 Å². The number of carbonyl (C=O) groups excluding carboxylic acids is 2. The van der Waals surface area contributed by atoms with Crippen molar-refractivity contribution in [2.75, 3.05) is 18.1 Å². The Morgan fingerprint density at radius 1 is 0.909 bits per heavy atom. The predicted octanol–water partition coefficient (Wildman–Crippen LogP) is 1.69. The van der Waals surface area contributed by atoms with Crippen LogP contribution in [0.5, 0.6) is 0 Å². The molecule has 2 amide bonds. The fraction of sp³-hybridized carbons (Fsp3) is 0.250. The lowest BCUT2D eigenvalue weighted by Crippen LogP contribution is -2.75. The molecule has 5 nitrogen and oxygen atoms in total. The lowest BCUT2D eigenvalue weighted by molar-refractivity contribution is -0.458. The highest BCUT2D eigenvalue weighted by Gasteiger charge is 2.69. The molecule has 2 N–H and O–H groups in total. The molecular weight excluding hydrogens is 412 g/mol. The van der Waals surface area contributed by atoms with Crippen LogP contribution < -0.4 is 9.89 Å². The van der Waals surface area contributed by atoms with Gasteiger partial charge in [0, 0.05) is 5.92 Å². The molecular formula is C28H25N2O3+. The quantitative estimate of drug-likeness (QED) is 0.482. The van der Waals surface area contributed by atoms with Gasteiger partial charge in [-0.15, -0.1) is 0 Å². The number of aryl methyl sites for hydroxylation is 1. The third kappa shape index (κ3) is 2.54. The number of imide groups is 1. The van der Waals surface area contributed by atoms with Gasteiger partial charge in [0.25, 0.3) is 0 Å². The van der Waals surface area contributed by atoms with Crippen LogP contribution in [0.2, 0.25) is 0 Å². The van der Waals surface area contributed by atoms with E-state index in [0.29, 0.717) is 12.2 Å². The van der Waals surface area contributed by atoms with Crippen molar-refractivity contribution >= 4 is 23.7 Å². The average molecular weight is 438 g/mol. The summed E-state index contributed by atoms with van der Waals surface area (Å²) in [6.07, 6.45) is 1.96. The standard InChI is InChI=1S/C28H24N2O3/c1-17-10-12-18(13-11-17)30-26(32)24-23-19-6-2-4-8-21(19)28(16-29-14-15-31,25(24)27(30)33)22-9-5-3-7-20(22)23/h2-13,16,23-25,31H,14-15H2,1H3/p+1/t23?,24-,25+,28?/m1/s1. The van der Waals surface area contributed by atoms with Crippen molar-refractivity contribution in [2.45, 2.75) is 18.3 Å². The third-order valence-electron chi connectivity index (χ3n) is 7.56. The Morgan fingerprint density at radius 2 is 1.52 bits per heavy atom. The first-order valence-electron chi connectivity index (χ1n) is 11.4. The van der Waals surface area contributed by atoms with Crippen molar-refractivity contribution in [3.63, 3.8) is 0 Å². The van der Waals surface area contributed by atoms with E-state index in [1.165, 1.54) is 4.90 Å². The number of amides is 2. The second-order valence-corrected chi connectivity index (χ2v) is 9.19. The Hall–Kier alpha value is -3.57. The third-order valence-corrected chi connectivity index (χ3v) is 7.56. The molecule has 0 radical (unpaired) electrons. The first kappa shape index (κ1) is 20.1. The Morgan fingerprint density at radius 3 is 2.12 bits per heavy atom. The number of hydrogen-bond donors (Lipinski definition) is 2. The summed E-state index contributed by atoms with van der Waals surface area (Å²) in [4.78, 5) is 32.7. The number of rotatable bonds is 4. The molecule has 0 unspecified atom stereocenters. The second-order valence-electron chi connectivity index (χ2n) is 9.19. The highest BCUT2D eigenvalue weighted by Crippen LogP contribution is 2.63. The minimum atomic E-state index is -0.798. The van der Waals surface area contributed by atoms with E-state index in [2.05, 4.69) is 29.3 Å². The molecule has 1 fully saturated rings. The van der Waals surface area contributed by atoms with Crippen molar-refractivity contribution in [3.8, 4) is 0 Å². The van der Waals surface area contributed by atoms with Crippen molar-refractivity contribution in [2.24, 2.45) is 11.8 Å². The van der Waals surface area contributed by atoms with Crippen LogP contribution in [0.25, 0.3) is 0 Å². The van der Waals surface area contributed by atoms with Gasteiger partial charge in [0.05, 0.1) is 17.5 Å².